The first-order valence-electron chi connectivity index (χ1n) is 4.88. The van der Waals surface area contributed by atoms with Gasteiger partial charge >= 0.3 is 0 Å². The lowest BCUT2D eigenvalue weighted by molar-refractivity contribution is 0.949. The van der Waals surface area contributed by atoms with Crippen LogP contribution < -0.4 is 5.73 Å². The number of rotatable bonds is 2. The average molecular weight is 219 g/mol. The number of aryl methyl sites for hydroxylation is 2. The molecule has 0 saturated carbocycles. The van der Waals surface area contributed by atoms with Crippen LogP contribution in [-0.4, -0.2) is 9.97 Å². The quantitative estimate of drug-likeness (QED) is 0.844. The minimum Gasteiger partial charge on any atom is -0.384 e. The molecule has 2 N–H and O–H groups in total. The van der Waals surface area contributed by atoms with Gasteiger partial charge < -0.3 is 5.73 Å². The number of nitrogens with zero attached hydrogens (tertiary/aromatic N) is 2. The van der Waals surface area contributed by atoms with Gasteiger partial charge in [0.1, 0.15) is 11.6 Å². The number of aromatic nitrogens is 2. The van der Waals surface area contributed by atoms with Gasteiger partial charge in [-0.1, -0.05) is 6.92 Å². The fourth-order valence-corrected chi connectivity index (χ4v) is 2.17. The van der Waals surface area contributed by atoms with Crippen molar-refractivity contribution in [1.29, 1.82) is 0 Å². The van der Waals surface area contributed by atoms with Gasteiger partial charge in [0.05, 0.1) is 5.69 Å². The molecular formula is C11H13N3S. The summed E-state index contributed by atoms with van der Waals surface area (Å²) in [6.07, 6.45) is 0.807. The third-order valence-electron chi connectivity index (χ3n) is 2.24. The first-order chi connectivity index (χ1) is 7.20. The summed E-state index contributed by atoms with van der Waals surface area (Å²) in [5.74, 6) is 1.35. The molecule has 3 nitrogen and oxygen atoms in total. The van der Waals surface area contributed by atoms with Crippen LogP contribution in [-0.2, 0) is 6.42 Å². The van der Waals surface area contributed by atoms with Crippen LogP contribution in [0.5, 0.6) is 0 Å². The van der Waals surface area contributed by atoms with E-state index in [4.69, 9.17) is 5.73 Å². The molecule has 0 aliphatic carbocycles. The highest BCUT2D eigenvalue weighted by molar-refractivity contribution is 7.10. The van der Waals surface area contributed by atoms with E-state index in [1.165, 1.54) is 4.88 Å². The summed E-state index contributed by atoms with van der Waals surface area (Å²) in [6.45, 7) is 4.11. The third kappa shape index (κ3) is 1.99. The predicted octanol–water partition coefficient (Wildman–Crippen LogP) is 2.66. The molecule has 4 heteroatoms. The molecule has 0 radical (unpaired) electrons. The van der Waals surface area contributed by atoms with Gasteiger partial charge in [-0.05, 0) is 18.4 Å². The van der Waals surface area contributed by atoms with Gasteiger partial charge in [-0.15, -0.1) is 11.3 Å². The zero-order chi connectivity index (χ0) is 10.8. The molecule has 2 aromatic rings. The fourth-order valence-electron chi connectivity index (χ4n) is 1.46. The van der Waals surface area contributed by atoms with Crippen molar-refractivity contribution in [3.63, 3.8) is 0 Å². The maximum Gasteiger partial charge on any atom is 0.131 e. The Labute approximate surface area is 93.0 Å². The maximum absolute atomic E-state index is 5.74. The summed E-state index contributed by atoms with van der Waals surface area (Å²) >= 11 is 1.72. The van der Waals surface area contributed by atoms with E-state index in [1.54, 1.807) is 11.3 Å². The zero-order valence-electron chi connectivity index (χ0n) is 8.82. The van der Waals surface area contributed by atoms with Crippen LogP contribution in [0, 0.1) is 6.92 Å². The lowest BCUT2D eigenvalue weighted by Crippen LogP contribution is -1.99. The molecule has 0 aliphatic heterocycles. The number of anilines is 1. The number of nitrogens with two attached hydrogens (primary N) is 1. The Morgan fingerprint density at radius 3 is 2.80 bits per heavy atom. The Morgan fingerprint density at radius 1 is 1.40 bits per heavy atom. The number of hydrogen-bond donors (Lipinski definition) is 1. The molecule has 0 spiro atoms. The normalized spacial score (nSPS) is 10.5. The Balaban J connectivity index is 2.53. The first-order valence-corrected chi connectivity index (χ1v) is 5.76. The molecule has 0 atom stereocenters. The molecule has 0 aliphatic rings. The average Bonchev–Trinajstić information content (AvgIpc) is 2.63. The van der Waals surface area contributed by atoms with Crippen molar-refractivity contribution in [1.82, 2.24) is 9.97 Å². The second-order valence-electron chi connectivity index (χ2n) is 3.34. The molecule has 0 bridgehead atoms. The van der Waals surface area contributed by atoms with Crippen molar-refractivity contribution >= 4 is 17.2 Å². The van der Waals surface area contributed by atoms with Gasteiger partial charge in [-0.2, -0.15) is 0 Å². The van der Waals surface area contributed by atoms with Crippen LogP contribution in [0.4, 0.5) is 5.82 Å². The van der Waals surface area contributed by atoms with E-state index in [9.17, 15) is 0 Å². The van der Waals surface area contributed by atoms with Crippen LogP contribution >= 0.6 is 11.3 Å². The van der Waals surface area contributed by atoms with Crippen molar-refractivity contribution in [3.8, 4) is 11.3 Å². The summed E-state index contributed by atoms with van der Waals surface area (Å²) in [7, 11) is 0. The summed E-state index contributed by atoms with van der Waals surface area (Å²) in [5, 5.41) is 2.06. The van der Waals surface area contributed by atoms with Crippen molar-refractivity contribution in [2.24, 2.45) is 0 Å². The van der Waals surface area contributed by atoms with Crippen molar-refractivity contribution in [3.05, 3.63) is 28.2 Å². The van der Waals surface area contributed by atoms with Gasteiger partial charge in [-0.3, -0.25) is 0 Å². The number of thiophene rings is 1. The minimum atomic E-state index is 0.544. The van der Waals surface area contributed by atoms with Gasteiger partial charge in [0.15, 0.2) is 0 Å². The van der Waals surface area contributed by atoms with Crippen molar-refractivity contribution < 1.29 is 0 Å². The summed E-state index contributed by atoms with van der Waals surface area (Å²) in [6, 6.07) is 3.90. The van der Waals surface area contributed by atoms with Gasteiger partial charge in [0, 0.05) is 22.9 Å². The predicted molar refractivity (Wildman–Crippen MR) is 63.9 cm³/mol. The molecule has 2 rings (SSSR count). The Morgan fingerprint density at radius 2 is 2.20 bits per heavy atom. The van der Waals surface area contributed by atoms with E-state index in [0.717, 1.165) is 23.5 Å². The highest BCUT2D eigenvalue weighted by Gasteiger charge is 2.07. The summed E-state index contributed by atoms with van der Waals surface area (Å²) < 4.78 is 0. The van der Waals surface area contributed by atoms with E-state index < -0.39 is 0 Å². The second kappa shape index (κ2) is 3.98. The Bertz CT molecular complexity index is 476. The lowest BCUT2D eigenvalue weighted by Gasteiger charge is -2.03. The Hall–Kier alpha value is -1.42. The smallest absolute Gasteiger partial charge is 0.131 e. The molecule has 0 aromatic carbocycles. The van der Waals surface area contributed by atoms with Crippen LogP contribution in [0.2, 0.25) is 0 Å². The van der Waals surface area contributed by atoms with Gasteiger partial charge in [0.25, 0.3) is 0 Å². The maximum atomic E-state index is 5.74. The lowest BCUT2D eigenvalue weighted by atomic mass is 10.2. The molecule has 2 aromatic heterocycles. The van der Waals surface area contributed by atoms with E-state index in [0.29, 0.717) is 5.82 Å². The molecule has 2 heterocycles. The molecular weight excluding hydrogens is 206 g/mol. The third-order valence-corrected chi connectivity index (χ3v) is 3.09. The van der Waals surface area contributed by atoms with Crippen LogP contribution in [0.1, 0.15) is 17.6 Å². The topological polar surface area (TPSA) is 51.8 Å². The van der Waals surface area contributed by atoms with E-state index in [2.05, 4.69) is 28.3 Å². The molecule has 78 valence electrons. The number of nitrogen functional groups attached to an aromatic ring is 1. The van der Waals surface area contributed by atoms with Crippen LogP contribution in [0.15, 0.2) is 17.5 Å². The molecule has 0 fully saturated rings. The van der Waals surface area contributed by atoms with E-state index in [-0.39, 0.29) is 0 Å². The standard InChI is InChI=1S/C11H13N3S/c1-3-11-13-9(6-10(12)14-11)8-4-5-15-7(8)2/h4-6H,3H2,1-2H3,(H2,12,13,14). The van der Waals surface area contributed by atoms with Crippen LogP contribution in [0.3, 0.4) is 0 Å². The molecule has 0 amide bonds. The SMILES string of the molecule is CCc1nc(N)cc(-c2ccsc2C)n1. The van der Waals surface area contributed by atoms with Gasteiger partial charge in [-0.25, -0.2) is 9.97 Å². The Kier molecular flexibility index (Phi) is 2.68. The molecule has 0 unspecified atom stereocenters. The van der Waals surface area contributed by atoms with Crippen molar-refractivity contribution in [2.75, 3.05) is 5.73 Å². The van der Waals surface area contributed by atoms with Crippen molar-refractivity contribution in [2.45, 2.75) is 20.3 Å². The highest BCUT2D eigenvalue weighted by Crippen LogP contribution is 2.26. The fraction of sp³-hybridized carbons (Fsp3) is 0.273. The second-order valence-corrected chi connectivity index (χ2v) is 4.46. The number of hydrogen-bond acceptors (Lipinski definition) is 4. The summed E-state index contributed by atoms with van der Waals surface area (Å²) in [5.41, 5.74) is 7.83. The van der Waals surface area contributed by atoms with E-state index in [1.807, 2.05) is 13.0 Å². The molecule has 15 heavy (non-hydrogen) atoms. The molecule has 0 saturated heterocycles. The zero-order valence-corrected chi connectivity index (χ0v) is 9.64. The highest BCUT2D eigenvalue weighted by atomic mass is 32.1. The van der Waals surface area contributed by atoms with E-state index >= 15 is 0 Å². The van der Waals surface area contributed by atoms with Crippen LogP contribution in [0.25, 0.3) is 11.3 Å². The monoisotopic (exact) mass is 219 g/mol. The van der Waals surface area contributed by atoms with Gasteiger partial charge in [0.2, 0.25) is 0 Å². The summed E-state index contributed by atoms with van der Waals surface area (Å²) in [4.78, 5) is 9.89. The largest absolute Gasteiger partial charge is 0.384 e. The minimum absolute atomic E-state index is 0.544. The first kappa shape index (κ1) is 10.1.